The summed E-state index contributed by atoms with van der Waals surface area (Å²) in [6.07, 6.45) is 1.80. The third kappa shape index (κ3) is 4.57. The average molecular weight is 380 g/mol. The highest BCUT2D eigenvalue weighted by Gasteiger charge is 2.13. The third-order valence-corrected chi connectivity index (χ3v) is 5.01. The van der Waals surface area contributed by atoms with Gasteiger partial charge in [-0.05, 0) is 23.6 Å². The van der Waals surface area contributed by atoms with E-state index in [1.165, 1.54) is 17.3 Å². The van der Waals surface area contributed by atoms with Crippen molar-refractivity contribution in [2.75, 3.05) is 5.75 Å². The van der Waals surface area contributed by atoms with Gasteiger partial charge in [-0.1, -0.05) is 66.4 Å². The van der Waals surface area contributed by atoms with Gasteiger partial charge in [-0.2, -0.15) is 0 Å². The highest BCUT2D eigenvalue weighted by Crippen LogP contribution is 2.28. The number of hydrogen-bond acceptors (Lipinski definition) is 4. The lowest BCUT2D eigenvalue weighted by Gasteiger charge is -2.10. The fourth-order valence-electron chi connectivity index (χ4n) is 2.78. The Bertz CT molecular complexity index is 936. The maximum Gasteiger partial charge on any atom is 0.318 e. The van der Waals surface area contributed by atoms with Crippen LogP contribution >= 0.6 is 11.8 Å². The Kier molecular flexibility index (Phi) is 5.93. The van der Waals surface area contributed by atoms with Crippen LogP contribution in [0.3, 0.4) is 0 Å². The lowest BCUT2D eigenvalue weighted by atomic mass is 10.0. The summed E-state index contributed by atoms with van der Waals surface area (Å²) >= 11 is 1.27. The van der Waals surface area contributed by atoms with E-state index in [1.807, 2.05) is 29.7 Å². The van der Waals surface area contributed by atoms with E-state index in [1.54, 1.807) is 6.20 Å². The molecule has 138 valence electrons. The van der Waals surface area contributed by atoms with Gasteiger partial charge in [-0.3, -0.25) is 10.1 Å². The van der Waals surface area contributed by atoms with Crippen LogP contribution in [-0.4, -0.2) is 27.2 Å². The molecule has 7 heteroatoms. The standard InChI is InChI=1S/C20H20N4O2S/c1-2-24-17(12-22-20(24)27-13-18(25)23-19(21)26)16-10-8-15(9-11-16)14-6-4-3-5-7-14/h3-12H,2,13H2,1H3,(H3,21,23,25,26). The minimum Gasteiger partial charge on any atom is -0.351 e. The number of rotatable bonds is 6. The molecule has 3 N–H and O–H groups in total. The fourth-order valence-corrected chi connectivity index (χ4v) is 3.62. The van der Waals surface area contributed by atoms with Gasteiger partial charge < -0.3 is 10.3 Å². The molecule has 0 saturated heterocycles. The minimum atomic E-state index is -0.848. The Morgan fingerprint density at radius 3 is 2.30 bits per heavy atom. The molecular weight excluding hydrogens is 360 g/mol. The highest BCUT2D eigenvalue weighted by atomic mass is 32.2. The van der Waals surface area contributed by atoms with E-state index in [4.69, 9.17) is 5.73 Å². The molecule has 0 spiro atoms. The molecule has 1 aromatic heterocycles. The van der Waals surface area contributed by atoms with E-state index in [0.29, 0.717) is 0 Å². The summed E-state index contributed by atoms with van der Waals surface area (Å²) in [5.41, 5.74) is 9.31. The predicted molar refractivity (Wildman–Crippen MR) is 107 cm³/mol. The second-order valence-electron chi connectivity index (χ2n) is 5.81. The van der Waals surface area contributed by atoms with Gasteiger partial charge in [0.2, 0.25) is 5.91 Å². The molecule has 3 aromatic rings. The van der Waals surface area contributed by atoms with E-state index in [9.17, 15) is 9.59 Å². The summed E-state index contributed by atoms with van der Waals surface area (Å²) < 4.78 is 2.04. The molecule has 27 heavy (non-hydrogen) atoms. The molecule has 0 aliphatic heterocycles. The van der Waals surface area contributed by atoms with Gasteiger partial charge >= 0.3 is 6.03 Å². The number of nitrogens with zero attached hydrogens (tertiary/aromatic N) is 2. The van der Waals surface area contributed by atoms with E-state index in [0.717, 1.165) is 28.5 Å². The number of nitrogens with one attached hydrogen (secondary N) is 1. The van der Waals surface area contributed by atoms with Crippen LogP contribution in [0.5, 0.6) is 0 Å². The van der Waals surface area contributed by atoms with Crippen LogP contribution in [0.15, 0.2) is 66.0 Å². The second-order valence-corrected chi connectivity index (χ2v) is 6.76. The van der Waals surface area contributed by atoms with Gasteiger partial charge in [-0.25, -0.2) is 9.78 Å². The van der Waals surface area contributed by atoms with E-state index in [-0.39, 0.29) is 5.75 Å². The zero-order valence-corrected chi connectivity index (χ0v) is 15.7. The van der Waals surface area contributed by atoms with Crippen molar-refractivity contribution in [1.29, 1.82) is 0 Å². The number of primary amides is 1. The first-order valence-corrected chi connectivity index (χ1v) is 9.50. The van der Waals surface area contributed by atoms with Crippen molar-refractivity contribution in [3.63, 3.8) is 0 Å². The number of carbonyl (C=O) groups excluding carboxylic acids is 2. The van der Waals surface area contributed by atoms with Crippen LogP contribution in [-0.2, 0) is 11.3 Å². The first kappa shape index (κ1) is 18.7. The molecule has 0 aliphatic rings. The zero-order valence-electron chi connectivity index (χ0n) is 14.9. The molecule has 6 nitrogen and oxygen atoms in total. The fraction of sp³-hybridized carbons (Fsp3) is 0.150. The zero-order chi connectivity index (χ0) is 19.2. The van der Waals surface area contributed by atoms with Crippen LogP contribution in [0, 0.1) is 0 Å². The van der Waals surface area contributed by atoms with Gasteiger partial charge in [-0.15, -0.1) is 0 Å². The number of benzene rings is 2. The van der Waals surface area contributed by atoms with E-state index >= 15 is 0 Å². The van der Waals surface area contributed by atoms with Crippen molar-refractivity contribution < 1.29 is 9.59 Å². The maximum atomic E-state index is 11.6. The maximum absolute atomic E-state index is 11.6. The molecule has 0 saturated carbocycles. The molecule has 0 unspecified atom stereocenters. The number of carbonyl (C=O) groups is 2. The molecule has 0 radical (unpaired) electrons. The normalized spacial score (nSPS) is 10.6. The van der Waals surface area contributed by atoms with Crippen molar-refractivity contribution in [2.24, 2.45) is 5.73 Å². The minimum absolute atomic E-state index is 0.0757. The Morgan fingerprint density at radius 1 is 1.04 bits per heavy atom. The molecule has 0 bridgehead atoms. The molecule has 2 aromatic carbocycles. The number of imide groups is 1. The Labute approximate surface area is 161 Å². The first-order chi connectivity index (χ1) is 13.1. The van der Waals surface area contributed by atoms with Crippen LogP contribution in [0.2, 0.25) is 0 Å². The lowest BCUT2D eigenvalue weighted by Crippen LogP contribution is -2.36. The van der Waals surface area contributed by atoms with Crippen LogP contribution < -0.4 is 11.1 Å². The Morgan fingerprint density at radius 2 is 1.67 bits per heavy atom. The average Bonchev–Trinajstić information content (AvgIpc) is 3.09. The van der Waals surface area contributed by atoms with Crippen molar-refractivity contribution in [3.05, 3.63) is 60.8 Å². The summed E-state index contributed by atoms with van der Waals surface area (Å²) in [5.74, 6) is -0.362. The second kappa shape index (κ2) is 8.55. The van der Waals surface area contributed by atoms with Crippen LogP contribution in [0.25, 0.3) is 22.4 Å². The smallest absolute Gasteiger partial charge is 0.318 e. The molecule has 3 amide bonds. The predicted octanol–water partition coefficient (Wildman–Crippen LogP) is 3.52. The third-order valence-electron chi connectivity index (χ3n) is 4.02. The highest BCUT2D eigenvalue weighted by molar-refractivity contribution is 7.99. The molecule has 1 heterocycles. The van der Waals surface area contributed by atoms with E-state index < -0.39 is 11.9 Å². The van der Waals surface area contributed by atoms with Crippen molar-refractivity contribution in [1.82, 2.24) is 14.9 Å². The van der Waals surface area contributed by atoms with Crippen LogP contribution in [0.4, 0.5) is 4.79 Å². The molecule has 0 aliphatic carbocycles. The molecule has 3 rings (SSSR count). The number of imidazole rings is 1. The summed E-state index contributed by atoms with van der Waals surface area (Å²) in [6, 6.07) is 17.7. The molecule has 0 fully saturated rings. The van der Waals surface area contributed by atoms with Crippen LogP contribution in [0.1, 0.15) is 6.92 Å². The lowest BCUT2D eigenvalue weighted by molar-refractivity contribution is -0.117. The Balaban J connectivity index is 1.78. The number of amides is 3. The molecule has 0 atom stereocenters. The monoisotopic (exact) mass is 380 g/mol. The summed E-state index contributed by atoms with van der Waals surface area (Å²) in [5, 5.41) is 2.77. The first-order valence-electron chi connectivity index (χ1n) is 8.52. The van der Waals surface area contributed by atoms with Gasteiger partial charge in [0, 0.05) is 6.54 Å². The summed E-state index contributed by atoms with van der Waals surface area (Å²) in [4.78, 5) is 26.8. The Hall–Kier alpha value is -3.06. The van der Waals surface area contributed by atoms with Gasteiger partial charge in [0.25, 0.3) is 0 Å². The number of thioether (sulfide) groups is 1. The van der Waals surface area contributed by atoms with Gasteiger partial charge in [0.1, 0.15) is 0 Å². The largest absolute Gasteiger partial charge is 0.351 e. The SMILES string of the molecule is CCn1c(-c2ccc(-c3ccccc3)cc2)cnc1SCC(=O)NC(N)=O. The van der Waals surface area contributed by atoms with Gasteiger partial charge in [0.15, 0.2) is 5.16 Å². The number of nitrogens with two attached hydrogens (primary N) is 1. The number of urea groups is 1. The van der Waals surface area contributed by atoms with Crippen molar-refractivity contribution in [2.45, 2.75) is 18.6 Å². The summed E-state index contributed by atoms with van der Waals surface area (Å²) in [7, 11) is 0. The van der Waals surface area contributed by atoms with Crippen molar-refractivity contribution >= 4 is 23.7 Å². The van der Waals surface area contributed by atoms with E-state index in [2.05, 4.69) is 46.7 Å². The number of aromatic nitrogens is 2. The topological polar surface area (TPSA) is 90.0 Å². The van der Waals surface area contributed by atoms with Gasteiger partial charge in [0.05, 0.1) is 17.6 Å². The van der Waals surface area contributed by atoms with Crippen molar-refractivity contribution in [3.8, 4) is 22.4 Å². The quantitative estimate of drug-likeness (QED) is 0.640. The summed E-state index contributed by atoms with van der Waals surface area (Å²) in [6.45, 7) is 2.74. The molecular formula is C20H20N4O2S. The number of hydrogen-bond donors (Lipinski definition) is 2.